The summed E-state index contributed by atoms with van der Waals surface area (Å²) >= 11 is 1.67. The van der Waals surface area contributed by atoms with Gasteiger partial charge >= 0.3 is 0 Å². The fourth-order valence-electron chi connectivity index (χ4n) is 4.40. The summed E-state index contributed by atoms with van der Waals surface area (Å²) in [6.45, 7) is 0.476. The largest absolute Gasteiger partial charge is 0.487 e. The summed E-state index contributed by atoms with van der Waals surface area (Å²) in [7, 11) is 0. The van der Waals surface area contributed by atoms with Crippen molar-refractivity contribution in [2.24, 2.45) is 0 Å². The summed E-state index contributed by atoms with van der Waals surface area (Å²) < 4.78 is 5.97. The average molecular weight is 501 g/mol. The van der Waals surface area contributed by atoms with Crippen LogP contribution in [0.3, 0.4) is 0 Å². The summed E-state index contributed by atoms with van der Waals surface area (Å²) in [6.07, 6.45) is 3.51. The minimum Gasteiger partial charge on any atom is -0.487 e. The lowest BCUT2D eigenvalue weighted by molar-refractivity contribution is 0.305. The second-order valence-electron chi connectivity index (χ2n) is 8.65. The van der Waals surface area contributed by atoms with Crippen LogP contribution in [-0.2, 0) is 6.61 Å². The van der Waals surface area contributed by atoms with E-state index in [1.165, 1.54) is 0 Å². The molecule has 0 bridgehead atoms. The lowest BCUT2D eigenvalue weighted by atomic mass is 10.1. The lowest BCUT2D eigenvalue weighted by Gasteiger charge is -2.08. The van der Waals surface area contributed by atoms with Crippen molar-refractivity contribution in [1.29, 1.82) is 0 Å². The normalized spacial score (nSPS) is 11.4. The van der Waals surface area contributed by atoms with Crippen molar-refractivity contribution in [2.45, 2.75) is 6.61 Å². The summed E-state index contributed by atoms with van der Waals surface area (Å²) in [4.78, 5) is 17.7. The summed E-state index contributed by atoms with van der Waals surface area (Å²) in [5, 5.41) is 11.8. The summed E-state index contributed by atoms with van der Waals surface area (Å²) in [5.74, 6) is 1.36. The minimum atomic E-state index is 0.476. The SMILES string of the molecule is c1ccc(COc2cncc(-c3ccc4[nH]nc(-c5nc6c(-c7ccsc7)cccc6[nH]5)c4n3)c2)cc1. The molecule has 0 unspecified atom stereocenters. The van der Waals surface area contributed by atoms with Gasteiger partial charge in [0.05, 0.1) is 28.4 Å². The number of rotatable bonds is 6. The minimum absolute atomic E-state index is 0.476. The predicted octanol–water partition coefficient (Wildman–Crippen LogP) is 6.87. The summed E-state index contributed by atoms with van der Waals surface area (Å²) in [5.41, 5.74) is 9.11. The molecule has 0 saturated carbocycles. The molecule has 2 N–H and O–H groups in total. The number of benzene rings is 2. The van der Waals surface area contributed by atoms with Crippen molar-refractivity contribution in [2.75, 3.05) is 0 Å². The van der Waals surface area contributed by atoms with E-state index in [0.29, 0.717) is 23.9 Å². The quantitative estimate of drug-likeness (QED) is 0.260. The van der Waals surface area contributed by atoms with Gasteiger partial charge in [0.1, 0.15) is 17.9 Å². The molecule has 0 aliphatic rings. The Morgan fingerprint density at radius 2 is 1.76 bits per heavy atom. The maximum Gasteiger partial charge on any atom is 0.161 e. The van der Waals surface area contributed by atoms with Crippen molar-refractivity contribution in [3.8, 4) is 39.7 Å². The zero-order chi connectivity index (χ0) is 24.6. The van der Waals surface area contributed by atoms with Crippen molar-refractivity contribution < 1.29 is 4.74 Å². The molecule has 0 aliphatic carbocycles. The van der Waals surface area contributed by atoms with Crippen LogP contribution in [0.25, 0.3) is 56.0 Å². The maximum atomic E-state index is 5.97. The van der Waals surface area contributed by atoms with Gasteiger partial charge in [-0.25, -0.2) is 9.97 Å². The monoisotopic (exact) mass is 500 g/mol. The van der Waals surface area contributed by atoms with Crippen LogP contribution in [0.2, 0.25) is 0 Å². The molecule has 8 heteroatoms. The Morgan fingerprint density at radius 1 is 0.811 bits per heavy atom. The van der Waals surface area contributed by atoms with Crippen molar-refractivity contribution >= 4 is 33.4 Å². The third kappa shape index (κ3) is 4.03. The third-order valence-corrected chi connectivity index (χ3v) is 6.92. The van der Waals surface area contributed by atoms with Gasteiger partial charge in [-0.2, -0.15) is 16.4 Å². The van der Waals surface area contributed by atoms with Gasteiger partial charge < -0.3 is 9.72 Å². The van der Waals surface area contributed by atoms with E-state index < -0.39 is 0 Å². The molecule has 2 aromatic carbocycles. The van der Waals surface area contributed by atoms with E-state index in [1.54, 1.807) is 23.7 Å². The van der Waals surface area contributed by atoms with Gasteiger partial charge in [-0.1, -0.05) is 42.5 Å². The standard InChI is InChI=1S/C29H20N6OS/c1-2-5-18(6-3-1)16-36-21-13-20(14-30-15-21)23-9-10-25-27(31-23)28(35-34-25)29-32-24-8-4-7-22(26(24)33-29)19-11-12-37-17-19/h1-15,17H,16H2,(H,32,33)(H,34,35). The molecule has 7 rings (SSSR count). The van der Waals surface area contributed by atoms with Crippen LogP contribution in [0.15, 0.2) is 96.0 Å². The highest BCUT2D eigenvalue weighted by molar-refractivity contribution is 7.08. The molecule has 0 amide bonds. The molecule has 0 saturated heterocycles. The van der Waals surface area contributed by atoms with Crippen LogP contribution in [-0.4, -0.2) is 30.1 Å². The molecule has 0 radical (unpaired) electrons. The number of thiophene rings is 1. The number of aromatic nitrogens is 6. The van der Waals surface area contributed by atoms with E-state index >= 15 is 0 Å². The van der Waals surface area contributed by atoms with Crippen molar-refractivity contribution in [3.05, 3.63) is 102 Å². The number of aromatic amines is 2. The molecule has 37 heavy (non-hydrogen) atoms. The molecule has 5 aromatic heterocycles. The molecule has 0 atom stereocenters. The number of ether oxygens (including phenoxy) is 1. The van der Waals surface area contributed by atoms with Crippen molar-refractivity contribution in [3.63, 3.8) is 0 Å². The van der Waals surface area contributed by atoms with Crippen LogP contribution in [0.5, 0.6) is 5.75 Å². The Kier molecular flexibility index (Phi) is 5.22. The third-order valence-electron chi connectivity index (χ3n) is 6.23. The number of fused-ring (bicyclic) bond motifs is 2. The van der Waals surface area contributed by atoms with Gasteiger partial charge in [-0.05, 0) is 52.2 Å². The Bertz CT molecular complexity index is 1840. The van der Waals surface area contributed by atoms with E-state index in [2.05, 4.69) is 43.1 Å². The molecule has 7 nitrogen and oxygen atoms in total. The average Bonchev–Trinajstić information content (AvgIpc) is 3.71. The molecular weight excluding hydrogens is 480 g/mol. The number of imidazole rings is 1. The molecular formula is C29H20N6OS. The van der Waals surface area contributed by atoms with Crippen molar-refractivity contribution in [1.82, 2.24) is 30.1 Å². The smallest absolute Gasteiger partial charge is 0.161 e. The molecule has 178 valence electrons. The highest BCUT2D eigenvalue weighted by Gasteiger charge is 2.17. The van der Waals surface area contributed by atoms with Crippen LogP contribution in [0.1, 0.15) is 5.56 Å². The zero-order valence-electron chi connectivity index (χ0n) is 19.6. The second-order valence-corrected chi connectivity index (χ2v) is 9.43. The zero-order valence-corrected chi connectivity index (χ0v) is 20.4. The van der Waals surface area contributed by atoms with Crippen LogP contribution < -0.4 is 4.74 Å². The molecule has 0 fully saturated rings. The first-order chi connectivity index (χ1) is 18.3. The Labute approximate surface area is 215 Å². The Morgan fingerprint density at radius 3 is 2.65 bits per heavy atom. The number of pyridine rings is 2. The van der Waals surface area contributed by atoms with E-state index in [0.717, 1.165) is 50.0 Å². The number of nitrogens with zero attached hydrogens (tertiary/aromatic N) is 4. The maximum absolute atomic E-state index is 5.97. The number of hydrogen-bond acceptors (Lipinski definition) is 6. The molecule has 5 heterocycles. The Hall–Kier alpha value is -4.82. The number of hydrogen-bond donors (Lipinski definition) is 2. The Balaban J connectivity index is 1.24. The fourth-order valence-corrected chi connectivity index (χ4v) is 5.05. The first kappa shape index (κ1) is 21.5. The molecule has 7 aromatic rings. The van der Waals surface area contributed by atoms with E-state index in [4.69, 9.17) is 14.7 Å². The summed E-state index contributed by atoms with van der Waals surface area (Å²) in [6, 6.07) is 24.2. The predicted molar refractivity (Wildman–Crippen MR) is 146 cm³/mol. The topological polar surface area (TPSA) is 92.4 Å². The number of nitrogens with one attached hydrogen (secondary N) is 2. The van der Waals surface area contributed by atoms with Crippen LogP contribution in [0, 0.1) is 0 Å². The first-order valence-corrected chi connectivity index (χ1v) is 12.7. The molecule has 0 aliphatic heterocycles. The van der Waals surface area contributed by atoms with Gasteiger partial charge in [0.25, 0.3) is 0 Å². The second kappa shape index (κ2) is 9.00. The van der Waals surface area contributed by atoms with Gasteiger partial charge in [0, 0.05) is 17.3 Å². The first-order valence-electron chi connectivity index (χ1n) is 11.8. The van der Waals surface area contributed by atoms with Gasteiger partial charge in [-0.15, -0.1) is 0 Å². The van der Waals surface area contributed by atoms with Crippen LogP contribution >= 0.6 is 11.3 Å². The lowest BCUT2D eigenvalue weighted by Crippen LogP contribution is -1.96. The van der Waals surface area contributed by atoms with Gasteiger partial charge in [0.2, 0.25) is 0 Å². The van der Waals surface area contributed by atoms with Gasteiger partial charge in [-0.3, -0.25) is 10.1 Å². The molecule has 0 spiro atoms. The van der Waals surface area contributed by atoms with Crippen LogP contribution in [0.4, 0.5) is 0 Å². The number of H-pyrrole nitrogens is 2. The highest BCUT2D eigenvalue weighted by Crippen LogP contribution is 2.32. The van der Waals surface area contributed by atoms with E-state index in [-0.39, 0.29) is 0 Å². The highest BCUT2D eigenvalue weighted by atomic mass is 32.1. The van der Waals surface area contributed by atoms with E-state index in [9.17, 15) is 0 Å². The van der Waals surface area contributed by atoms with E-state index in [1.807, 2.05) is 60.7 Å². The number of para-hydroxylation sites is 1. The van der Waals surface area contributed by atoms with Gasteiger partial charge in [0.15, 0.2) is 11.5 Å². The fraction of sp³-hybridized carbons (Fsp3) is 0.0345.